The number of carbonyl (C=O) groups excluding carboxylic acids is 1. The smallest absolute Gasteiger partial charge is 0.405 e. The molecule has 1 aromatic rings. The number of benzene rings is 1. The van der Waals surface area contributed by atoms with Crippen LogP contribution in [0.5, 0.6) is 5.75 Å². The van der Waals surface area contributed by atoms with Crippen LogP contribution in [-0.2, 0) is 16.0 Å². The number of halogens is 3. The van der Waals surface area contributed by atoms with Crippen LogP contribution in [0.4, 0.5) is 18.0 Å². The number of amides is 2. The van der Waals surface area contributed by atoms with Crippen molar-refractivity contribution in [1.29, 1.82) is 0 Å². The van der Waals surface area contributed by atoms with Gasteiger partial charge in [0, 0.05) is 19.6 Å². The number of ether oxygens (including phenoxy) is 2. The van der Waals surface area contributed by atoms with Crippen LogP contribution in [-0.4, -0.2) is 78.6 Å². The lowest BCUT2D eigenvalue weighted by atomic mass is 10.1. The van der Waals surface area contributed by atoms with Gasteiger partial charge in [-0.3, -0.25) is 0 Å². The summed E-state index contributed by atoms with van der Waals surface area (Å²) in [5.41, 5.74) is 0.765. The van der Waals surface area contributed by atoms with Crippen molar-refractivity contribution in [2.24, 2.45) is 0 Å². The SMILES string of the molecule is CCCSCCCN(CCOc1ccc(CC(OCC)C(=O)O)cc1)C(=O)NCC(F)(F)F. The van der Waals surface area contributed by atoms with Crippen LogP contribution in [0, 0.1) is 0 Å². The standard InChI is InChI=1S/C22H33F3N2O5S/c1-3-13-33-14-5-10-27(21(30)26-16-22(23,24)25)11-12-32-18-8-6-17(7-9-18)15-19(20(28)29)31-4-2/h6-9,19H,3-5,10-16H2,1-2H3,(H,26,30)(H,28,29). The molecule has 0 radical (unpaired) electrons. The Morgan fingerprint density at radius 2 is 1.85 bits per heavy atom. The third-order valence-corrected chi connectivity index (χ3v) is 5.68. The molecular weight excluding hydrogens is 461 g/mol. The van der Waals surface area contributed by atoms with Gasteiger partial charge < -0.3 is 24.8 Å². The highest BCUT2D eigenvalue weighted by atomic mass is 32.2. The molecule has 188 valence electrons. The van der Waals surface area contributed by atoms with Crippen LogP contribution in [0.3, 0.4) is 0 Å². The maximum absolute atomic E-state index is 12.4. The number of nitrogens with zero attached hydrogens (tertiary/aromatic N) is 1. The summed E-state index contributed by atoms with van der Waals surface area (Å²) in [5.74, 6) is 1.29. The Balaban J connectivity index is 2.57. The minimum Gasteiger partial charge on any atom is -0.492 e. The molecule has 0 aliphatic carbocycles. The summed E-state index contributed by atoms with van der Waals surface area (Å²) in [4.78, 5) is 24.7. The molecule has 0 saturated heterocycles. The Hall–Kier alpha value is -2.14. The highest BCUT2D eigenvalue weighted by Gasteiger charge is 2.28. The van der Waals surface area contributed by atoms with E-state index in [0.29, 0.717) is 25.3 Å². The first-order valence-electron chi connectivity index (χ1n) is 10.9. The number of hydrogen-bond acceptors (Lipinski definition) is 5. The Labute approximate surface area is 197 Å². The maximum atomic E-state index is 12.4. The molecule has 11 heteroatoms. The van der Waals surface area contributed by atoms with Crippen LogP contribution < -0.4 is 10.1 Å². The Kier molecular flexibility index (Phi) is 13.7. The molecule has 33 heavy (non-hydrogen) atoms. The van der Waals surface area contributed by atoms with Crippen molar-refractivity contribution in [2.45, 2.75) is 45.4 Å². The number of rotatable bonds is 16. The predicted octanol–water partition coefficient (Wildman–Crippen LogP) is 4.20. The minimum atomic E-state index is -4.47. The molecule has 2 N–H and O–H groups in total. The molecule has 1 unspecified atom stereocenters. The van der Waals surface area contributed by atoms with E-state index in [1.807, 2.05) is 5.32 Å². The molecule has 7 nitrogen and oxygen atoms in total. The Bertz CT molecular complexity index is 704. The summed E-state index contributed by atoms with van der Waals surface area (Å²) < 4.78 is 48.2. The van der Waals surface area contributed by atoms with E-state index in [0.717, 1.165) is 23.5 Å². The predicted molar refractivity (Wildman–Crippen MR) is 122 cm³/mol. The van der Waals surface area contributed by atoms with Gasteiger partial charge in [-0.15, -0.1) is 0 Å². The van der Waals surface area contributed by atoms with Gasteiger partial charge in [-0.2, -0.15) is 24.9 Å². The molecule has 1 aromatic carbocycles. The molecule has 1 atom stereocenters. The number of carbonyl (C=O) groups is 2. The first-order chi connectivity index (χ1) is 15.7. The molecule has 1 rings (SSSR count). The van der Waals surface area contributed by atoms with Crippen LogP contribution in [0.1, 0.15) is 32.3 Å². The van der Waals surface area contributed by atoms with Gasteiger partial charge in [-0.1, -0.05) is 19.1 Å². The Morgan fingerprint density at radius 1 is 1.15 bits per heavy atom. The summed E-state index contributed by atoms with van der Waals surface area (Å²) >= 11 is 1.74. The van der Waals surface area contributed by atoms with Gasteiger partial charge in [0.1, 0.15) is 18.9 Å². The van der Waals surface area contributed by atoms with E-state index in [9.17, 15) is 22.8 Å². The lowest BCUT2D eigenvalue weighted by molar-refractivity contribution is -0.150. The molecule has 2 amide bonds. The van der Waals surface area contributed by atoms with Gasteiger partial charge in [0.05, 0.1) is 6.54 Å². The highest BCUT2D eigenvalue weighted by molar-refractivity contribution is 7.99. The summed E-state index contributed by atoms with van der Waals surface area (Å²) in [7, 11) is 0. The molecule has 0 aromatic heterocycles. The molecule has 0 bridgehead atoms. The summed E-state index contributed by atoms with van der Waals surface area (Å²) in [6.45, 7) is 3.28. The molecule has 0 saturated carbocycles. The van der Waals surface area contributed by atoms with E-state index >= 15 is 0 Å². The van der Waals surface area contributed by atoms with E-state index in [-0.39, 0.29) is 19.6 Å². The van der Waals surface area contributed by atoms with Crippen molar-refractivity contribution in [3.05, 3.63) is 29.8 Å². The number of carboxylic acids is 1. The van der Waals surface area contributed by atoms with Crippen molar-refractivity contribution in [2.75, 3.05) is 44.4 Å². The van der Waals surface area contributed by atoms with E-state index < -0.39 is 30.8 Å². The number of thioether (sulfide) groups is 1. The van der Waals surface area contributed by atoms with E-state index in [2.05, 4.69) is 6.92 Å². The van der Waals surface area contributed by atoms with Crippen LogP contribution in [0.15, 0.2) is 24.3 Å². The minimum absolute atomic E-state index is 0.109. The molecule has 0 aliphatic rings. The van der Waals surface area contributed by atoms with Crippen molar-refractivity contribution < 1.29 is 37.3 Å². The lowest BCUT2D eigenvalue weighted by Crippen LogP contribution is -2.45. The van der Waals surface area contributed by atoms with Gasteiger partial charge >= 0.3 is 18.2 Å². The molecule has 0 fully saturated rings. The van der Waals surface area contributed by atoms with E-state index in [1.54, 1.807) is 43.0 Å². The zero-order chi connectivity index (χ0) is 24.7. The van der Waals surface area contributed by atoms with Gasteiger partial charge in [0.25, 0.3) is 0 Å². The van der Waals surface area contributed by atoms with E-state index in [1.165, 1.54) is 4.90 Å². The number of hydrogen-bond donors (Lipinski definition) is 2. The molecule has 0 heterocycles. The average Bonchev–Trinajstić information content (AvgIpc) is 2.76. The maximum Gasteiger partial charge on any atom is 0.405 e. The highest BCUT2D eigenvalue weighted by Crippen LogP contribution is 2.15. The topological polar surface area (TPSA) is 88.1 Å². The zero-order valence-electron chi connectivity index (χ0n) is 19.0. The number of carboxylic acid groups (broad SMARTS) is 1. The fourth-order valence-electron chi connectivity index (χ4n) is 2.83. The molecule has 0 spiro atoms. The second-order valence-electron chi connectivity index (χ2n) is 7.21. The van der Waals surface area contributed by atoms with Gasteiger partial charge in [-0.05, 0) is 49.0 Å². The number of alkyl halides is 3. The fourth-order valence-corrected chi connectivity index (χ4v) is 3.66. The third-order valence-electron chi connectivity index (χ3n) is 4.41. The van der Waals surface area contributed by atoms with Crippen LogP contribution in [0.25, 0.3) is 0 Å². The fraction of sp³-hybridized carbons (Fsp3) is 0.636. The van der Waals surface area contributed by atoms with Gasteiger partial charge in [0.2, 0.25) is 0 Å². The number of aliphatic carboxylic acids is 1. The first-order valence-corrected chi connectivity index (χ1v) is 12.0. The molecule has 0 aliphatic heterocycles. The summed E-state index contributed by atoms with van der Waals surface area (Å²) in [6.07, 6.45) is -3.48. The third kappa shape index (κ3) is 13.2. The number of nitrogens with one attached hydrogen (secondary N) is 1. The van der Waals surface area contributed by atoms with E-state index in [4.69, 9.17) is 14.6 Å². The Morgan fingerprint density at radius 3 is 2.42 bits per heavy atom. The van der Waals surface area contributed by atoms with Crippen molar-refractivity contribution in [3.63, 3.8) is 0 Å². The lowest BCUT2D eigenvalue weighted by Gasteiger charge is -2.23. The van der Waals surface area contributed by atoms with Crippen LogP contribution >= 0.6 is 11.8 Å². The zero-order valence-corrected chi connectivity index (χ0v) is 19.8. The van der Waals surface area contributed by atoms with Crippen molar-refractivity contribution in [3.8, 4) is 5.75 Å². The van der Waals surface area contributed by atoms with Gasteiger partial charge in [0.15, 0.2) is 6.10 Å². The normalized spacial score (nSPS) is 12.3. The monoisotopic (exact) mass is 494 g/mol. The second-order valence-corrected chi connectivity index (χ2v) is 8.43. The average molecular weight is 495 g/mol. The van der Waals surface area contributed by atoms with Crippen molar-refractivity contribution in [1.82, 2.24) is 10.2 Å². The number of urea groups is 1. The second kappa shape index (κ2) is 15.7. The van der Waals surface area contributed by atoms with Gasteiger partial charge in [-0.25, -0.2) is 9.59 Å². The summed E-state index contributed by atoms with van der Waals surface area (Å²) in [5, 5.41) is 11.1. The van der Waals surface area contributed by atoms with Crippen molar-refractivity contribution >= 4 is 23.8 Å². The largest absolute Gasteiger partial charge is 0.492 e. The summed E-state index contributed by atoms with van der Waals surface area (Å²) in [6, 6.07) is 6.03. The quantitative estimate of drug-likeness (QED) is 0.335. The van der Waals surface area contributed by atoms with Crippen LogP contribution in [0.2, 0.25) is 0 Å². The molecular formula is C22H33F3N2O5S. The first kappa shape index (κ1) is 28.9.